The Morgan fingerprint density at radius 3 is 2.46 bits per heavy atom. The molecule has 0 bridgehead atoms. The molecule has 2 saturated carbocycles. The molecule has 1 saturated heterocycles. The molecule has 3 aromatic rings. The lowest BCUT2D eigenvalue weighted by molar-refractivity contribution is -0.137. The summed E-state index contributed by atoms with van der Waals surface area (Å²) in [6.07, 6.45) is 12.8. The van der Waals surface area contributed by atoms with Gasteiger partial charge in [0, 0.05) is 67.8 Å². The fraction of sp³-hybridized carbons (Fsp3) is 0.547. The second-order valence-electron chi connectivity index (χ2n) is 20.1. The third kappa shape index (κ3) is 11.0. The van der Waals surface area contributed by atoms with Crippen LogP contribution < -0.4 is 30.5 Å². The number of rotatable bonds is 14. The van der Waals surface area contributed by atoms with Gasteiger partial charge in [0.2, 0.25) is 23.7 Å². The van der Waals surface area contributed by atoms with Crippen molar-refractivity contribution in [3.05, 3.63) is 64.8 Å². The van der Waals surface area contributed by atoms with Crippen molar-refractivity contribution in [2.75, 3.05) is 35.8 Å². The molecule has 17 heteroatoms. The molecule has 0 radical (unpaired) electrons. The molecule has 8 rings (SSSR count). The Kier molecular flexibility index (Phi) is 15.3. The highest BCUT2D eigenvalue weighted by Crippen LogP contribution is 2.41. The molecular formula is C53H67N9O8. The first kappa shape index (κ1) is 49.7. The summed E-state index contributed by atoms with van der Waals surface area (Å²) in [7, 11) is 3.33. The molecule has 2 atom stereocenters. The van der Waals surface area contributed by atoms with Crippen molar-refractivity contribution in [2.24, 2.45) is 0 Å². The van der Waals surface area contributed by atoms with Crippen molar-refractivity contribution in [1.29, 1.82) is 0 Å². The number of imide groups is 1. The van der Waals surface area contributed by atoms with Crippen molar-refractivity contribution in [3.8, 4) is 17.6 Å². The average Bonchev–Trinajstić information content (AvgIpc) is 3.99. The quantitative estimate of drug-likeness (QED) is 0.0825. The van der Waals surface area contributed by atoms with Crippen molar-refractivity contribution in [1.82, 2.24) is 30.4 Å². The SMILES string of the molecule is CC[C@@H]1C(=O)N(C)c2cnc(Nc3ccc(C(=O)NC4CCC(N(CCCCCC#Cc5cccc6c5CN(C5CCC(=O)NC5=O)C6=O)C(=O)OC(C)(C)C)CC4)cc3OC)nc2N1C1CCCC1. The molecule has 6 amide bonds. The summed E-state index contributed by atoms with van der Waals surface area (Å²) in [6, 6.07) is 9.88. The zero-order valence-corrected chi connectivity index (χ0v) is 41.4. The van der Waals surface area contributed by atoms with Gasteiger partial charge in [0.25, 0.3) is 11.8 Å². The number of likely N-dealkylation sites (N-methyl/N-ethyl adjacent to an activating group) is 1. The molecular weight excluding hydrogens is 891 g/mol. The highest BCUT2D eigenvalue weighted by molar-refractivity contribution is 6.06. The van der Waals surface area contributed by atoms with Crippen LogP contribution in [0.5, 0.6) is 5.75 Å². The fourth-order valence-electron chi connectivity index (χ4n) is 10.6. The molecule has 17 nitrogen and oxygen atoms in total. The van der Waals surface area contributed by atoms with Gasteiger partial charge in [0.05, 0.1) is 19.0 Å². The topological polar surface area (TPSA) is 196 Å². The van der Waals surface area contributed by atoms with Crippen LogP contribution in [0.4, 0.5) is 27.9 Å². The van der Waals surface area contributed by atoms with Crippen LogP contribution in [0, 0.1) is 11.8 Å². The van der Waals surface area contributed by atoms with Gasteiger partial charge in [0.1, 0.15) is 29.1 Å². The maximum Gasteiger partial charge on any atom is 0.410 e. The smallest absolute Gasteiger partial charge is 0.410 e. The van der Waals surface area contributed by atoms with E-state index in [1.54, 1.807) is 55.6 Å². The lowest BCUT2D eigenvalue weighted by Crippen LogP contribution is -2.55. The Balaban J connectivity index is 0.831. The summed E-state index contributed by atoms with van der Waals surface area (Å²) < 4.78 is 11.6. The molecule has 1 unspecified atom stereocenters. The minimum atomic E-state index is -0.677. The largest absolute Gasteiger partial charge is 0.495 e. The zero-order chi connectivity index (χ0) is 49.7. The first-order valence-electron chi connectivity index (χ1n) is 25.1. The minimum Gasteiger partial charge on any atom is -0.495 e. The number of anilines is 4. The van der Waals surface area contributed by atoms with E-state index in [0.717, 1.165) is 61.9 Å². The summed E-state index contributed by atoms with van der Waals surface area (Å²) in [5.74, 6) is 6.95. The van der Waals surface area contributed by atoms with Crippen molar-refractivity contribution >= 4 is 58.8 Å². The van der Waals surface area contributed by atoms with Crippen LogP contribution in [0.15, 0.2) is 42.6 Å². The van der Waals surface area contributed by atoms with E-state index < -0.39 is 17.6 Å². The van der Waals surface area contributed by atoms with Crippen LogP contribution in [-0.2, 0) is 25.7 Å². The molecule has 3 N–H and O–H groups in total. The molecule has 0 spiro atoms. The Hall–Kier alpha value is -6.70. The number of amides is 6. The number of piperidine rings is 1. The molecule has 2 aliphatic carbocycles. The van der Waals surface area contributed by atoms with Crippen molar-refractivity contribution in [3.63, 3.8) is 0 Å². The van der Waals surface area contributed by atoms with Crippen LogP contribution >= 0.6 is 0 Å². The molecule has 70 heavy (non-hydrogen) atoms. The number of hydrogen-bond donors (Lipinski definition) is 3. The number of benzene rings is 2. The summed E-state index contributed by atoms with van der Waals surface area (Å²) in [4.78, 5) is 94.8. The summed E-state index contributed by atoms with van der Waals surface area (Å²) >= 11 is 0. The van der Waals surface area contributed by atoms with Gasteiger partial charge in [0.15, 0.2) is 5.82 Å². The third-order valence-electron chi connectivity index (χ3n) is 14.2. The summed E-state index contributed by atoms with van der Waals surface area (Å²) in [5.41, 5.74) is 3.20. The molecule has 1 aromatic heterocycles. The predicted octanol–water partition coefficient (Wildman–Crippen LogP) is 7.38. The van der Waals surface area contributed by atoms with Gasteiger partial charge in [-0.1, -0.05) is 44.1 Å². The predicted molar refractivity (Wildman–Crippen MR) is 265 cm³/mol. The van der Waals surface area contributed by atoms with E-state index in [2.05, 4.69) is 37.7 Å². The number of unbranched alkanes of at least 4 members (excludes halogenated alkanes) is 3. The van der Waals surface area contributed by atoms with Crippen LogP contribution in [0.25, 0.3) is 0 Å². The van der Waals surface area contributed by atoms with Gasteiger partial charge in [-0.15, -0.1) is 0 Å². The normalized spacial score (nSPS) is 21.4. The van der Waals surface area contributed by atoms with Crippen LogP contribution in [-0.4, -0.2) is 112 Å². The maximum absolute atomic E-state index is 13.7. The highest BCUT2D eigenvalue weighted by atomic mass is 16.6. The van der Waals surface area contributed by atoms with Crippen molar-refractivity contribution in [2.45, 2.75) is 166 Å². The monoisotopic (exact) mass is 958 g/mol. The Morgan fingerprint density at radius 1 is 0.971 bits per heavy atom. The van der Waals surface area contributed by atoms with E-state index in [9.17, 15) is 28.8 Å². The number of nitrogens with one attached hydrogen (secondary N) is 3. The van der Waals surface area contributed by atoms with E-state index in [-0.39, 0.29) is 66.9 Å². The molecule has 372 valence electrons. The number of carbonyl (C=O) groups excluding carboxylic acids is 6. The summed E-state index contributed by atoms with van der Waals surface area (Å²) in [6.45, 7) is 8.46. The second kappa shape index (κ2) is 21.5. The zero-order valence-electron chi connectivity index (χ0n) is 41.4. The average molecular weight is 958 g/mol. The van der Waals surface area contributed by atoms with Gasteiger partial charge in [-0.2, -0.15) is 4.98 Å². The Labute approximate surface area is 410 Å². The molecule has 4 heterocycles. The lowest BCUT2D eigenvalue weighted by Gasteiger charge is -2.43. The number of fused-ring (bicyclic) bond motifs is 2. The van der Waals surface area contributed by atoms with E-state index >= 15 is 0 Å². The number of hydrogen-bond acceptors (Lipinski definition) is 12. The number of carbonyl (C=O) groups is 6. The first-order valence-corrected chi connectivity index (χ1v) is 25.1. The standard InChI is InChI=1S/C53H67N9O8/c1-7-41-50(67)59(5)43-31-54-51(58-46(43)62(41)37-18-12-13-19-37)56-40-26-21-34(30-44(40)69-6)47(64)55-35-22-24-36(25-23-35)60(52(68)70-53(2,3)4)29-14-10-8-9-11-16-33-17-15-20-38-39(33)32-61(49(38)66)42-27-28-45(63)57-48(42)65/h15,17,20-21,26,30-31,35-37,41-42H,7-10,12-14,18-19,22-25,27-29,32H2,1-6H3,(H,55,64)(H,54,56,58)(H,57,63,65)/t35?,36?,41-,42?/m1/s1. The van der Waals surface area contributed by atoms with E-state index in [4.69, 9.17) is 14.5 Å². The van der Waals surface area contributed by atoms with Crippen molar-refractivity contribution < 1.29 is 38.2 Å². The first-order chi connectivity index (χ1) is 33.6. The number of nitrogens with zero attached hydrogens (tertiary/aromatic N) is 6. The fourth-order valence-corrected chi connectivity index (χ4v) is 10.6. The van der Waals surface area contributed by atoms with Gasteiger partial charge in [-0.05, 0) is 121 Å². The van der Waals surface area contributed by atoms with Crippen LogP contribution in [0.1, 0.15) is 156 Å². The Bertz CT molecular complexity index is 2550. The maximum atomic E-state index is 13.7. The van der Waals surface area contributed by atoms with E-state index in [1.807, 2.05) is 38.7 Å². The van der Waals surface area contributed by atoms with Gasteiger partial charge < -0.3 is 39.7 Å². The number of aromatic nitrogens is 2. The minimum absolute atomic E-state index is 0.0272. The second-order valence-corrected chi connectivity index (χ2v) is 20.1. The molecule has 3 aliphatic heterocycles. The van der Waals surface area contributed by atoms with E-state index in [1.165, 1.54) is 4.90 Å². The van der Waals surface area contributed by atoms with E-state index in [0.29, 0.717) is 85.7 Å². The number of ether oxygens (including phenoxy) is 2. The van der Waals surface area contributed by atoms with Crippen LogP contribution in [0.3, 0.4) is 0 Å². The summed E-state index contributed by atoms with van der Waals surface area (Å²) in [5, 5.41) is 8.86. The molecule has 5 aliphatic rings. The highest BCUT2D eigenvalue weighted by Gasteiger charge is 2.42. The molecule has 3 fully saturated rings. The van der Waals surface area contributed by atoms with Gasteiger partial charge >= 0.3 is 6.09 Å². The molecule has 2 aromatic carbocycles. The van der Waals surface area contributed by atoms with Crippen LogP contribution in [0.2, 0.25) is 0 Å². The van der Waals surface area contributed by atoms with Gasteiger partial charge in [-0.3, -0.25) is 29.3 Å². The number of methoxy groups -OCH3 is 1. The van der Waals surface area contributed by atoms with Gasteiger partial charge in [-0.25, -0.2) is 9.78 Å². The third-order valence-corrected chi connectivity index (χ3v) is 14.2. The lowest BCUT2D eigenvalue weighted by atomic mass is 9.90. The Morgan fingerprint density at radius 2 is 1.74 bits per heavy atom.